The predicted molar refractivity (Wildman–Crippen MR) is 71.5 cm³/mol. The summed E-state index contributed by atoms with van der Waals surface area (Å²) in [6, 6.07) is 8.46. The molecule has 1 saturated carbocycles. The van der Waals surface area contributed by atoms with Crippen LogP contribution in [0.5, 0.6) is 11.5 Å². The van der Waals surface area contributed by atoms with Crippen LogP contribution in [0, 0.1) is 0 Å². The van der Waals surface area contributed by atoms with Crippen molar-refractivity contribution >= 4 is 16.7 Å². The number of nitrogens with zero attached hydrogens (tertiary/aromatic N) is 1. The molecule has 0 radical (unpaired) electrons. The van der Waals surface area contributed by atoms with Gasteiger partial charge in [-0.05, 0) is 31.0 Å². The van der Waals surface area contributed by atoms with Gasteiger partial charge in [-0.2, -0.15) is 0 Å². The molecule has 4 nitrogen and oxygen atoms in total. The Morgan fingerprint density at radius 1 is 1.17 bits per heavy atom. The summed E-state index contributed by atoms with van der Waals surface area (Å²) in [6.45, 7) is 0. The van der Waals surface area contributed by atoms with Crippen LogP contribution in [0.3, 0.4) is 0 Å². The fraction of sp³-hybridized carbons (Fsp3) is 0.357. The molecule has 1 fully saturated rings. The predicted octanol–water partition coefficient (Wildman–Crippen LogP) is 2.83. The second-order valence-electron chi connectivity index (χ2n) is 4.52. The first-order chi connectivity index (χ1) is 8.80. The van der Waals surface area contributed by atoms with Crippen molar-refractivity contribution in [2.75, 3.05) is 19.5 Å². The van der Waals surface area contributed by atoms with Crippen LogP contribution in [0.25, 0.3) is 10.9 Å². The number of rotatable bonds is 4. The molecular formula is C14H16N2O2. The third-order valence-corrected chi connectivity index (χ3v) is 3.12. The molecule has 1 heterocycles. The molecule has 0 unspecified atom stereocenters. The van der Waals surface area contributed by atoms with E-state index in [1.165, 1.54) is 12.8 Å². The second kappa shape index (κ2) is 4.37. The van der Waals surface area contributed by atoms with Gasteiger partial charge in [0.2, 0.25) is 0 Å². The highest BCUT2D eigenvalue weighted by Gasteiger charge is 2.21. The first kappa shape index (κ1) is 11.1. The molecule has 0 amide bonds. The van der Waals surface area contributed by atoms with E-state index in [-0.39, 0.29) is 0 Å². The maximum absolute atomic E-state index is 5.38. The van der Waals surface area contributed by atoms with Crippen molar-refractivity contribution < 1.29 is 9.47 Å². The summed E-state index contributed by atoms with van der Waals surface area (Å²) in [6.07, 6.45) is 2.47. The van der Waals surface area contributed by atoms with Gasteiger partial charge in [-0.3, -0.25) is 0 Å². The second-order valence-corrected chi connectivity index (χ2v) is 4.52. The molecule has 1 aliphatic rings. The molecule has 0 bridgehead atoms. The number of ether oxygens (including phenoxy) is 2. The van der Waals surface area contributed by atoms with E-state index in [0.717, 1.165) is 28.2 Å². The number of hydrogen-bond donors (Lipinski definition) is 1. The highest BCUT2D eigenvalue weighted by molar-refractivity contribution is 5.87. The minimum atomic E-state index is 0.596. The summed E-state index contributed by atoms with van der Waals surface area (Å²) >= 11 is 0. The Balaban J connectivity index is 2.07. The van der Waals surface area contributed by atoms with Crippen molar-refractivity contribution in [3.8, 4) is 11.5 Å². The molecule has 18 heavy (non-hydrogen) atoms. The summed E-state index contributed by atoms with van der Waals surface area (Å²) in [7, 11) is 3.30. The van der Waals surface area contributed by atoms with Crippen LogP contribution in [0.2, 0.25) is 0 Å². The average Bonchev–Trinajstić information content (AvgIpc) is 3.21. The van der Waals surface area contributed by atoms with Gasteiger partial charge in [0.05, 0.1) is 14.2 Å². The highest BCUT2D eigenvalue weighted by atomic mass is 16.5. The third-order valence-electron chi connectivity index (χ3n) is 3.12. The fourth-order valence-electron chi connectivity index (χ4n) is 1.97. The molecule has 1 aliphatic carbocycles. The quantitative estimate of drug-likeness (QED) is 0.898. The average molecular weight is 244 g/mol. The molecule has 2 aromatic rings. The van der Waals surface area contributed by atoms with Crippen LogP contribution in [-0.4, -0.2) is 25.2 Å². The number of pyridine rings is 1. The number of aromatic nitrogens is 1. The van der Waals surface area contributed by atoms with E-state index in [1.807, 2.05) is 24.3 Å². The minimum Gasteiger partial charge on any atom is -0.497 e. The fourth-order valence-corrected chi connectivity index (χ4v) is 1.97. The molecule has 1 aromatic heterocycles. The van der Waals surface area contributed by atoms with Gasteiger partial charge in [-0.1, -0.05) is 0 Å². The van der Waals surface area contributed by atoms with Crippen LogP contribution in [0.4, 0.5) is 5.82 Å². The van der Waals surface area contributed by atoms with E-state index < -0.39 is 0 Å². The summed E-state index contributed by atoms with van der Waals surface area (Å²) in [5.41, 5.74) is 0.865. The van der Waals surface area contributed by atoms with Gasteiger partial charge >= 0.3 is 0 Å². The first-order valence-electron chi connectivity index (χ1n) is 6.09. The van der Waals surface area contributed by atoms with E-state index in [9.17, 15) is 0 Å². The lowest BCUT2D eigenvalue weighted by Gasteiger charge is -2.10. The molecular weight excluding hydrogens is 228 g/mol. The molecule has 94 valence electrons. The zero-order valence-corrected chi connectivity index (χ0v) is 10.6. The number of nitrogens with one attached hydrogen (secondary N) is 1. The van der Waals surface area contributed by atoms with Gasteiger partial charge in [-0.15, -0.1) is 0 Å². The van der Waals surface area contributed by atoms with Crippen molar-refractivity contribution in [1.29, 1.82) is 0 Å². The molecule has 1 aromatic carbocycles. The molecule has 0 atom stereocenters. The SMILES string of the molecule is COc1cc(OC)c2nc(NC3CC3)ccc2c1. The first-order valence-corrected chi connectivity index (χ1v) is 6.09. The van der Waals surface area contributed by atoms with Gasteiger partial charge in [0, 0.05) is 17.5 Å². The van der Waals surface area contributed by atoms with E-state index >= 15 is 0 Å². The standard InChI is InChI=1S/C14H16N2O2/c1-17-11-7-9-3-6-13(15-10-4-5-10)16-14(9)12(8-11)18-2/h3,6-8,10H,4-5H2,1-2H3,(H,15,16). The van der Waals surface area contributed by atoms with Crippen LogP contribution in [0.1, 0.15) is 12.8 Å². The van der Waals surface area contributed by atoms with Crippen LogP contribution in [0.15, 0.2) is 24.3 Å². The zero-order chi connectivity index (χ0) is 12.5. The van der Waals surface area contributed by atoms with E-state index in [0.29, 0.717) is 6.04 Å². The van der Waals surface area contributed by atoms with Crippen molar-refractivity contribution in [2.45, 2.75) is 18.9 Å². The molecule has 0 saturated heterocycles. The number of methoxy groups -OCH3 is 2. The monoisotopic (exact) mass is 244 g/mol. The van der Waals surface area contributed by atoms with Gasteiger partial charge in [-0.25, -0.2) is 4.98 Å². The van der Waals surface area contributed by atoms with Gasteiger partial charge in [0.1, 0.15) is 22.8 Å². The van der Waals surface area contributed by atoms with Crippen molar-refractivity contribution in [3.63, 3.8) is 0 Å². The van der Waals surface area contributed by atoms with Crippen molar-refractivity contribution in [3.05, 3.63) is 24.3 Å². The topological polar surface area (TPSA) is 43.4 Å². The van der Waals surface area contributed by atoms with Crippen molar-refractivity contribution in [2.24, 2.45) is 0 Å². The molecule has 0 spiro atoms. The van der Waals surface area contributed by atoms with Crippen LogP contribution < -0.4 is 14.8 Å². The van der Waals surface area contributed by atoms with E-state index in [1.54, 1.807) is 14.2 Å². The van der Waals surface area contributed by atoms with Gasteiger partial charge < -0.3 is 14.8 Å². The van der Waals surface area contributed by atoms with Gasteiger partial charge in [0.15, 0.2) is 0 Å². The lowest BCUT2D eigenvalue weighted by molar-refractivity contribution is 0.397. The summed E-state index contributed by atoms with van der Waals surface area (Å²) in [5.74, 6) is 2.43. The number of hydrogen-bond acceptors (Lipinski definition) is 4. The molecule has 0 aliphatic heterocycles. The molecule has 3 rings (SSSR count). The Kier molecular flexibility index (Phi) is 2.70. The Hall–Kier alpha value is -1.97. The van der Waals surface area contributed by atoms with Crippen molar-refractivity contribution in [1.82, 2.24) is 4.98 Å². The maximum atomic E-state index is 5.38. The van der Waals surface area contributed by atoms with Gasteiger partial charge in [0.25, 0.3) is 0 Å². The largest absolute Gasteiger partial charge is 0.497 e. The number of fused-ring (bicyclic) bond motifs is 1. The number of anilines is 1. The van der Waals surface area contributed by atoms with E-state index in [2.05, 4.69) is 10.3 Å². The lowest BCUT2D eigenvalue weighted by Crippen LogP contribution is -2.03. The maximum Gasteiger partial charge on any atom is 0.148 e. The Bertz CT molecular complexity index is 579. The smallest absolute Gasteiger partial charge is 0.148 e. The Morgan fingerprint density at radius 3 is 2.67 bits per heavy atom. The summed E-state index contributed by atoms with van der Waals surface area (Å²) in [4.78, 5) is 4.61. The Labute approximate surface area is 106 Å². The zero-order valence-electron chi connectivity index (χ0n) is 10.6. The molecule has 1 N–H and O–H groups in total. The third kappa shape index (κ3) is 2.06. The summed E-state index contributed by atoms with van der Waals surface area (Å²) in [5, 5.41) is 4.41. The van der Waals surface area contributed by atoms with E-state index in [4.69, 9.17) is 9.47 Å². The summed E-state index contributed by atoms with van der Waals surface area (Å²) < 4.78 is 10.6. The molecule has 4 heteroatoms. The van der Waals surface area contributed by atoms with Crippen LogP contribution >= 0.6 is 0 Å². The number of benzene rings is 1. The Morgan fingerprint density at radius 2 is 2.00 bits per heavy atom. The van der Waals surface area contributed by atoms with Crippen LogP contribution in [-0.2, 0) is 0 Å². The lowest BCUT2D eigenvalue weighted by atomic mass is 10.2. The highest BCUT2D eigenvalue weighted by Crippen LogP contribution is 2.31. The normalized spacial score (nSPS) is 14.6. The minimum absolute atomic E-state index is 0.596.